The van der Waals surface area contributed by atoms with Crippen LogP contribution in [0.1, 0.15) is 23.2 Å². The summed E-state index contributed by atoms with van der Waals surface area (Å²) in [6.07, 6.45) is 5.46. The van der Waals surface area contributed by atoms with E-state index in [0.29, 0.717) is 23.9 Å². The minimum atomic E-state index is -0.378. The third-order valence-electron chi connectivity index (χ3n) is 2.82. The number of nitrogens with zero attached hydrogens (tertiary/aromatic N) is 3. The average molecular weight is 259 g/mol. The molecule has 3 aromatic rings. The molecule has 3 aromatic heterocycles. The number of aromatic amines is 1. The minimum Gasteiger partial charge on any atom is -0.461 e. The molecule has 3 N–H and O–H groups in total. The fraction of sp³-hybridized carbons (Fsp3) is 0.250. The number of hydrogen-bond acceptors (Lipinski definition) is 6. The number of nitrogens with one attached hydrogen (secondary N) is 1. The highest BCUT2D eigenvalue weighted by Crippen LogP contribution is 2.23. The molecule has 0 bridgehead atoms. The lowest BCUT2D eigenvalue weighted by Crippen LogP contribution is -2.13. The number of imidazole rings is 1. The van der Waals surface area contributed by atoms with Crippen molar-refractivity contribution < 1.29 is 8.94 Å². The normalized spacial score (nSPS) is 12.7. The second-order valence-electron chi connectivity index (χ2n) is 4.28. The molecule has 1 atom stereocenters. The molecule has 0 amide bonds. The Morgan fingerprint density at radius 2 is 2.37 bits per heavy atom. The highest BCUT2D eigenvalue weighted by atomic mass is 16.5. The lowest BCUT2D eigenvalue weighted by atomic mass is 10.2. The fourth-order valence-corrected chi connectivity index (χ4v) is 1.80. The Hall–Kier alpha value is -2.41. The number of aryl methyl sites for hydroxylation is 1. The lowest BCUT2D eigenvalue weighted by molar-refractivity contribution is 0.353. The summed E-state index contributed by atoms with van der Waals surface area (Å²) in [6.45, 7) is 1.92. The Kier molecular flexibility index (Phi) is 2.88. The molecule has 0 radical (unpaired) electrons. The summed E-state index contributed by atoms with van der Waals surface area (Å²) in [5, 5.41) is 3.88. The second kappa shape index (κ2) is 4.69. The van der Waals surface area contributed by atoms with Crippen LogP contribution in [-0.4, -0.2) is 20.1 Å². The molecule has 98 valence electrons. The van der Waals surface area contributed by atoms with Crippen molar-refractivity contribution in [1.29, 1.82) is 0 Å². The summed E-state index contributed by atoms with van der Waals surface area (Å²) in [7, 11) is 0. The van der Waals surface area contributed by atoms with Crippen molar-refractivity contribution in [2.75, 3.05) is 0 Å². The van der Waals surface area contributed by atoms with Crippen LogP contribution < -0.4 is 5.73 Å². The zero-order chi connectivity index (χ0) is 13.2. The Balaban J connectivity index is 1.79. The average Bonchev–Trinajstić information content (AvgIpc) is 3.08. The van der Waals surface area contributed by atoms with E-state index in [9.17, 15) is 0 Å². The van der Waals surface area contributed by atoms with Crippen molar-refractivity contribution in [2.24, 2.45) is 5.73 Å². The molecular weight excluding hydrogens is 246 g/mol. The van der Waals surface area contributed by atoms with E-state index >= 15 is 0 Å². The van der Waals surface area contributed by atoms with Gasteiger partial charge in [-0.1, -0.05) is 5.16 Å². The summed E-state index contributed by atoms with van der Waals surface area (Å²) >= 11 is 0. The smallest absolute Gasteiger partial charge is 0.244 e. The van der Waals surface area contributed by atoms with Crippen molar-refractivity contribution in [1.82, 2.24) is 20.1 Å². The van der Waals surface area contributed by atoms with Crippen LogP contribution in [0.2, 0.25) is 0 Å². The van der Waals surface area contributed by atoms with Gasteiger partial charge in [0.25, 0.3) is 0 Å². The van der Waals surface area contributed by atoms with Crippen LogP contribution in [0.5, 0.6) is 0 Å². The van der Waals surface area contributed by atoms with Gasteiger partial charge in [-0.25, -0.2) is 4.98 Å². The number of furan rings is 1. The van der Waals surface area contributed by atoms with Gasteiger partial charge in [-0.2, -0.15) is 4.98 Å². The molecule has 0 saturated carbocycles. The summed E-state index contributed by atoms with van der Waals surface area (Å²) in [5.41, 5.74) is 7.89. The van der Waals surface area contributed by atoms with Gasteiger partial charge < -0.3 is 19.7 Å². The maximum atomic E-state index is 6.02. The summed E-state index contributed by atoms with van der Waals surface area (Å²) < 4.78 is 10.5. The Morgan fingerprint density at radius 3 is 3.05 bits per heavy atom. The molecule has 0 aromatic carbocycles. The molecule has 0 aliphatic heterocycles. The van der Waals surface area contributed by atoms with E-state index < -0.39 is 0 Å². The maximum absolute atomic E-state index is 6.02. The molecular formula is C12H13N5O2. The first kappa shape index (κ1) is 11.7. The van der Waals surface area contributed by atoms with Gasteiger partial charge in [-0.3, -0.25) is 0 Å². The predicted molar refractivity (Wildman–Crippen MR) is 66.0 cm³/mol. The van der Waals surface area contributed by atoms with Crippen molar-refractivity contribution in [3.05, 3.63) is 42.0 Å². The van der Waals surface area contributed by atoms with Crippen LogP contribution in [-0.2, 0) is 6.42 Å². The number of hydrogen-bond donors (Lipinski definition) is 2. The van der Waals surface area contributed by atoms with E-state index in [4.69, 9.17) is 14.7 Å². The largest absolute Gasteiger partial charge is 0.461 e. The van der Waals surface area contributed by atoms with E-state index in [1.54, 1.807) is 18.8 Å². The number of nitrogens with two attached hydrogens (primary N) is 1. The van der Waals surface area contributed by atoms with Gasteiger partial charge >= 0.3 is 0 Å². The molecule has 7 heteroatoms. The maximum Gasteiger partial charge on any atom is 0.244 e. The van der Waals surface area contributed by atoms with Gasteiger partial charge in [-0.05, 0) is 18.6 Å². The first-order valence-electron chi connectivity index (χ1n) is 5.85. The molecule has 0 fully saturated rings. The van der Waals surface area contributed by atoms with E-state index in [1.807, 2.05) is 13.0 Å². The van der Waals surface area contributed by atoms with Gasteiger partial charge in [-0.15, -0.1) is 0 Å². The molecule has 0 aliphatic carbocycles. The van der Waals surface area contributed by atoms with Gasteiger partial charge in [0.15, 0.2) is 5.76 Å². The zero-order valence-electron chi connectivity index (χ0n) is 10.3. The molecule has 19 heavy (non-hydrogen) atoms. The Morgan fingerprint density at radius 1 is 1.47 bits per heavy atom. The first-order chi connectivity index (χ1) is 9.24. The van der Waals surface area contributed by atoms with Gasteiger partial charge in [0.1, 0.15) is 0 Å². The van der Waals surface area contributed by atoms with E-state index in [2.05, 4.69) is 20.1 Å². The minimum absolute atomic E-state index is 0.375. The molecule has 3 heterocycles. The van der Waals surface area contributed by atoms with Crippen molar-refractivity contribution in [3.63, 3.8) is 0 Å². The van der Waals surface area contributed by atoms with Crippen LogP contribution in [0.25, 0.3) is 11.6 Å². The van der Waals surface area contributed by atoms with Crippen LogP contribution in [0, 0.1) is 6.92 Å². The summed E-state index contributed by atoms with van der Waals surface area (Å²) in [6, 6.07) is 1.47. The number of H-pyrrole nitrogens is 1. The molecule has 0 aliphatic rings. The molecule has 0 saturated heterocycles. The van der Waals surface area contributed by atoms with Gasteiger partial charge in [0.2, 0.25) is 11.7 Å². The SMILES string of the molecule is Cc1ccoc1-c1noc([C@@H](N)Cc2cnc[nH]2)n1. The first-order valence-corrected chi connectivity index (χ1v) is 5.85. The fourth-order valence-electron chi connectivity index (χ4n) is 1.80. The Bertz CT molecular complexity index is 655. The third kappa shape index (κ3) is 2.27. The van der Waals surface area contributed by atoms with E-state index in [-0.39, 0.29) is 6.04 Å². The highest BCUT2D eigenvalue weighted by Gasteiger charge is 2.19. The number of aromatic nitrogens is 4. The van der Waals surface area contributed by atoms with Crippen LogP contribution >= 0.6 is 0 Å². The lowest BCUT2D eigenvalue weighted by Gasteiger charge is -2.03. The monoisotopic (exact) mass is 259 g/mol. The third-order valence-corrected chi connectivity index (χ3v) is 2.82. The predicted octanol–water partition coefficient (Wildman–Crippen LogP) is 1.60. The van der Waals surface area contributed by atoms with Crippen LogP contribution in [0.4, 0.5) is 0 Å². The molecule has 7 nitrogen and oxygen atoms in total. The van der Waals surface area contributed by atoms with Crippen molar-refractivity contribution >= 4 is 0 Å². The standard InChI is InChI=1S/C12H13N5O2/c1-7-2-3-18-10(7)11-16-12(19-17-11)9(13)4-8-5-14-6-15-8/h2-3,5-6,9H,4,13H2,1H3,(H,14,15)/t9-/m0/s1. The van der Waals surface area contributed by atoms with Crippen LogP contribution in [0.3, 0.4) is 0 Å². The summed E-state index contributed by atoms with van der Waals surface area (Å²) in [5.74, 6) is 1.39. The van der Waals surface area contributed by atoms with Crippen LogP contribution in [0.15, 0.2) is 33.8 Å². The molecule has 0 unspecified atom stereocenters. The quantitative estimate of drug-likeness (QED) is 0.737. The molecule has 3 rings (SSSR count). The number of rotatable bonds is 4. The van der Waals surface area contributed by atoms with Crippen molar-refractivity contribution in [3.8, 4) is 11.6 Å². The summed E-state index contributed by atoms with van der Waals surface area (Å²) in [4.78, 5) is 11.2. The molecule has 0 spiro atoms. The zero-order valence-corrected chi connectivity index (χ0v) is 10.3. The highest BCUT2D eigenvalue weighted by molar-refractivity contribution is 5.51. The van der Waals surface area contributed by atoms with Gasteiger partial charge in [0.05, 0.1) is 18.6 Å². The van der Waals surface area contributed by atoms with E-state index in [1.165, 1.54) is 0 Å². The Labute approximate surface area is 108 Å². The van der Waals surface area contributed by atoms with Gasteiger partial charge in [0, 0.05) is 18.3 Å². The topological polar surface area (TPSA) is 107 Å². The van der Waals surface area contributed by atoms with E-state index in [0.717, 1.165) is 11.3 Å². The second-order valence-corrected chi connectivity index (χ2v) is 4.28. The van der Waals surface area contributed by atoms with Crippen molar-refractivity contribution in [2.45, 2.75) is 19.4 Å².